The second kappa shape index (κ2) is 7.66. The van der Waals surface area contributed by atoms with Crippen molar-refractivity contribution in [2.24, 2.45) is 0 Å². The van der Waals surface area contributed by atoms with Crippen molar-refractivity contribution in [1.29, 1.82) is 0 Å². The van der Waals surface area contributed by atoms with Crippen molar-refractivity contribution < 1.29 is 14.6 Å². The van der Waals surface area contributed by atoms with E-state index in [1.54, 1.807) is 49.1 Å². The summed E-state index contributed by atoms with van der Waals surface area (Å²) in [6, 6.07) is 1.39. The predicted octanol–water partition coefficient (Wildman–Crippen LogP) is 1.62. The molecule has 1 saturated heterocycles. The normalized spacial score (nSPS) is 20.2. The van der Waals surface area contributed by atoms with Crippen molar-refractivity contribution in [2.45, 2.75) is 44.7 Å². The molecule has 8 nitrogen and oxygen atoms in total. The Morgan fingerprint density at radius 2 is 2.17 bits per heavy atom. The number of nitrogens with one attached hydrogen (secondary N) is 2. The van der Waals surface area contributed by atoms with Gasteiger partial charge in [0.2, 0.25) is 0 Å². The molecule has 1 aliphatic rings. The Morgan fingerprint density at radius 1 is 1.34 bits per heavy atom. The molecule has 29 heavy (non-hydrogen) atoms. The summed E-state index contributed by atoms with van der Waals surface area (Å²) in [6.45, 7) is 4.34. The van der Waals surface area contributed by atoms with E-state index in [1.165, 1.54) is 0 Å². The van der Waals surface area contributed by atoms with Gasteiger partial charge < -0.3 is 20.8 Å². The third-order valence-electron chi connectivity index (χ3n) is 5.19. The minimum absolute atomic E-state index is 0.197. The number of aliphatic hydroxyl groups excluding tert-OH is 1. The van der Waals surface area contributed by atoms with Gasteiger partial charge in [0.05, 0.1) is 42.5 Å². The van der Waals surface area contributed by atoms with Gasteiger partial charge in [0.25, 0.3) is 0 Å². The highest BCUT2D eigenvalue weighted by molar-refractivity contribution is 5.62. The molecule has 4 rings (SSSR count). The SMILES string of the molecule is CC(C)(O)c1cn2c(-c3cncc(N[C@H]4CNCC[C@@H]4F)n3)cnc2cc1CO. The molecule has 0 aromatic carbocycles. The Kier molecular flexibility index (Phi) is 5.20. The molecule has 1 aliphatic heterocycles. The van der Waals surface area contributed by atoms with Gasteiger partial charge in [-0.3, -0.25) is 9.38 Å². The average molecular weight is 400 g/mol. The number of hydrogen-bond acceptors (Lipinski definition) is 7. The highest BCUT2D eigenvalue weighted by Gasteiger charge is 2.25. The van der Waals surface area contributed by atoms with Crippen LogP contribution in [0.3, 0.4) is 0 Å². The minimum Gasteiger partial charge on any atom is -0.392 e. The van der Waals surface area contributed by atoms with E-state index in [0.29, 0.717) is 53.5 Å². The van der Waals surface area contributed by atoms with Crippen molar-refractivity contribution in [3.05, 3.63) is 42.0 Å². The van der Waals surface area contributed by atoms with Crippen molar-refractivity contribution in [2.75, 3.05) is 18.4 Å². The van der Waals surface area contributed by atoms with E-state index in [1.807, 2.05) is 0 Å². The number of aromatic nitrogens is 4. The number of hydrogen-bond donors (Lipinski definition) is 4. The molecule has 3 aromatic rings. The van der Waals surface area contributed by atoms with Crippen LogP contribution in [0, 0.1) is 0 Å². The summed E-state index contributed by atoms with van der Waals surface area (Å²) in [7, 11) is 0. The summed E-state index contributed by atoms with van der Waals surface area (Å²) < 4.78 is 15.9. The average Bonchev–Trinajstić information content (AvgIpc) is 3.11. The van der Waals surface area contributed by atoms with Gasteiger partial charge in [0.15, 0.2) is 0 Å². The highest BCUT2D eigenvalue weighted by atomic mass is 19.1. The van der Waals surface area contributed by atoms with Crippen LogP contribution in [-0.4, -0.2) is 54.9 Å². The van der Waals surface area contributed by atoms with Crippen LogP contribution in [0.2, 0.25) is 0 Å². The first-order chi connectivity index (χ1) is 13.9. The summed E-state index contributed by atoms with van der Waals surface area (Å²) >= 11 is 0. The molecule has 9 heteroatoms. The number of fused-ring (bicyclic) bond motifs is 1. The molecule has 3 aromatic heterocycles. The second-order valence-electron chi connectivity index (χ2n) is 7.85. The monoisotopic (exact) mass is 400 g/mol. The summed E-state index contributed by atoms with van der Waals surface area (Å²) in [4.78, 5) is 13.2. The largest absolute Gasteiger partial charge is 0.392 e. The van der Waals surface area contributed by atoms with E-state index >= 15 is 0 Å². The molecular weight excluding hydrogens is 375 g/mol. The number of halogens is 1. The first-order valence-electron chi connectivity index (χ1n) is 9.64. The van der Waals surface area contributed by atoms with E-state index in [4.69, 9.17) is 0 Å². The lowest BCUT2D eigenvalue weighted by Crippen LogP contribution is -2.46. The smallest absolute Gasteiger partial charge is 0.145 e. The zero-order valence-electron chi connectivity index (χ0n) is 16.4. The Labute approximate surface area is 167 Å². The summed E-state index contributed by atoms with van der Waals surface area (Å²) in [5, 5.41) is 26.4. The molecule has 4 heterocycles. The lowest BCUT2D eigenvalue weighted by Gasteiger charge is -2.27. The van der Waals surface area contributed by atoms with Gasteiger partial charge >= 0.3 is 0 Å². The molecule has 0 amide bonds. The van der Waals surface area contributed by atoms with Gasteiger partial charge in [-0.1, -0.05) is 0 Å². The molecule has 0 radical (unpaired) electrons. The number of piperidine rings is 1. The van der Waals surface area contributed by atoms with Crippen LogP contribution in [0.4, 0.5) is 10.2 Å². The van der Waals surface area contributed by atoms with E-state index in [-0.39, 0.29) is 12.6 Å². The molecule has 1 fully saturated rings. The van der Waals surface area contributed by atoms with Gasteiger partial charge in [-0.05, 0) is 38.4 Å². The Morgan fingerprint density at radius 3 is 2.90 bits per heavy atom. The topological polar surface area (TPSA) is 108 Å². The number of anilines is 1. The third-order valence-corrected chi connectivity index (χ3v) is 5.19. The summed E-state index contributed by atoms with van der Waals surface area (Å²) in [6.07, 6.45) is 6.13. The van der Waals surface area contributed by atoms with Crippen LogP contribution >= 0.6 is 0 Å². The molecule has 0 aliphatic carbocycles. The number of alkyl halides is 1. The molecule has 0 unspecified atom stereocenters. The number of pyridine rings is 1. The lowest BCUT2D eigenvalue weighted by atomic mass is 9.95. The van der Waals surface area contributed by atoms with E-state index in [9.17, 15) is 14.6 Å². The molecule has 2 atom stereocenters. The van der Waals surface area contributed by atoms with Crippen LogP contribution in [0.25, 0.3) is 17.0 Å². The van der Waals surface area contributed by atoms with Crippen LogP contribution in [0.15, 0.2) is 30.9 Å². The molecule has 4 N–H and O–H groups in total. The fourth-order valence-electron chi connectivity index (χ4n) is 3.65. The summed E-state index contributed by atoms with van der Waals surface area (Å²) in [5.41, 5.74) is 1.96. The van der Waals surface area contributed by atoms with Crippen LogP contribution < -0.4 is 10.6 Å². The first kappa shape index (κ1) is 19.7. The van der Waals surface area contributed by atoms with Gasteiger partial charge in [0, 0.05) is 18.3 Å². The maximum Gasteiger partial charge on any atom is 0.145 e. The zero-order chi connectivity index (χ0) is 20.6. The van der Waals surface area contributed by atoms with Crippen LogP contribution in [-0.2, 0) is 12.2 Å². The van der Waals surface area contributed by atoms with Crippen LogP contribution in [0.5, 0.6) is 0 Å². The third kappa shape index (κ3) is 3.93. The van der Waals surface area contributed by atoms with Gasteiger partial charge in [0.1, 0.15) is 23.3 Å². The van der Waals surface area contributed by atoms with Gasteiger partial charge in [-0.2, -0.15) is 0 Å². The standard InChI is InChI=1S/C20H25FN6O2/c1-20(2,29)13-10-27-17(8-24-19(27)5-12(13)11-28)16-7-23-9-18(26-16)25-15-6-22-4-3-14(15)21/h5,7-10,14-15,22,28-29H,3-4,6,11H2,1-2H3,(H,25,26)/t14-,15-/m0/s1. The Bertz CT molecular complexity index is 1020. The van der Waals surface area contributed by atoms with Gasteiger partial charge in [-0.25, -0.2) is 14.4 Å². The number of nitrogens with zero attached hydrogens (tertiary/aromatic N) is 4. The summed E-state index contributed by atoms with van der Waals surface area (Å²) in [5.74, 6) is 0.489. The lowest BCUT2D eigenvalue weighted by molar-refractivity contribution is 0.0755. The number of aliphatic hydroxyl groups is 2. The minimum atomic E-state index is -1.13. The van der Waals surface area contributed by atoms with Crippen molar-refractivity contribution in [3.63, 3.8) is 0 Å². The maximum atomic E-state index is 14.1. The van der Waals surface area contributed by atoms with Crippen molar-refractivity contribution in [1.82, 2.24) is 24.7 Å². The molecule has 0 spiro atoms. The van der Waals surface area contributed by atoms with E-state index in [0.717, 1.165) is 0 Å². The molecular formula is C20H25FN6O2. The maximum absolute atomic E-state index is 14.1. The zero-order valence-corrected chi connectivity index (χ0v) is 16.4. The fourth-order valence-corrected chi connectivity index (χ4v) is 3.65. The van der Waals surface area contributed by atoms with Crippen molar-refractivity contribution >= 4 is 11.5 Å². The van der Waals surface area contributed by atoms with E-state index < -0.39 is 11.8 Å². The molecule has 0 bridgehead atoms. The first-order valence-corrected chi connectivity index (χ1v) is 9.64. The molecule has 154 valence electrons. The van der Waals surface area contributed by atoms with Crippen molar-refractivity contribution in [3.8, 4) is 11.4 Å². The Balaban J connectivity index is 1.71. The fraction of sp³-hybridized carbons (Fsp3) is 0.450. The quantitative estimate of drug-likeness (QED) is 0.516. The predicted molar refractivity (Wildman–Crippen MR) is 107 cm³/mol. The second-order valence-corrected chi connectivity index (χ2v) is 7.85. The molecule has 0 saturated carbocycles. The number of rotatable bonds is 5. The Hall–Kier alpha value is -2.62. The highest BCUT2D eigenvalue weighted by Crippen LogP contribution is 2.28. The number of imidazole rings is 1. The van der Waals surface area contributed by atoms with Crippen LogP contribution in [0.1, 0.15) is 31.4 Å². The van der Waals surface area contributed by atoms with E-state index in [2.05, 4.69) is 25.6 Å². The van der Waals surface area contributed by atoms with Gasteiger partial charge in [-0.15, -0.1) is 0 Å².